The number of aromatic nitrogens is 7. The van der Waals surface area contributed by atoms with Crippen LogP contribution in [0.5, 0.6) is 0 Å². The summed E-state index contributed by atoms with van der Waals surface area (Å²) in [5.41, 5.74) is 12.9. The van der Waals surface area contributed by atoms with Gasteiger partial charge >= 0.3 is 16.9 Å². The number of anilines is 3. The standard InChI is InChI=1S/C6H3N5O3.C3H6N6/c1-7-11-4(12)2-3(10-6(11)14)9-5(13)8-2;4-1-7-2(5)9-3(6)8-1/h(H,10,14)(H2,8,9,13);(H6,4,5,6,7,8,9). The molecule has 0 aliphatic heterocycles. The zero-order valence-corrected chi connectivity index (χ0v) is 11.2. The van der Waals surface area contributed by atoms with Gasteiger partial charge < -0.3 is 17.2 Å². The Morgan fingerprint density at radius 2 is 1.43 bits per heavy atom. The van der Waals surface area contributed by atoms with Gasteiger partial charge in [-0.05, 0) is 0 Å². The fraction of sp³-hybridized carbons (Fsp3) is 0. The predicted octanol–water partition coefficient (Wildman–Crippen LogP) is -2.99. The highest BCUT2D eigenvalue weighted by Crippen LogP contribution is 1.97. The summed E-state index contributed by atoms with van der Waals surface area (Å²) in [7, 11) is 0. The van der Waals surface area contributed by atoms with E-state index < -0.39 is 16.9 Å². The Morgan fingerprint density at radius 1 is 0.913 bits per heavy atom. The van der Waals surface area contributed by atoms with E-state index in [1.54, 1.807) is 0 Å². The largest absolute Gasteiger partial charge is 0.398 e. The van der Waals surface area contributed by atoms with Gasteiger partial charge in [-0.3, -0.25) is 19.7 Å². The third-order valence-electron chi connectivity index (χ3n) is 2.34. The predicted molar refractivity (Wildman–Crippen MR) is 78.9 cm³/mol. The average Bonchev–Trinajstić information content (AvgIpc) is 2.79. The third kappa shape index (κ3) is 3.13. The molecule has 0 aliphatic carbocycles. The van der Waals surface area contributed by atoms with Crippen molar-refractivity contribution in [3.63, 3.8) is 0 Å². The Kier molecular flexibility index (Phi) is 3.77. The molecular weight excluding hydrogens is 310 g/mol. The summed E-state index contributed by atoms with van der Waals surface area (Å²) in [6, 6.07) is 0. The molecule has 23 heavy (non-hydrogen) atoms. The minimum atomic E-state index is -0.882. The smallest absolute Gasteiger partial charge is 0.368 e. The van der Waals surface area contributed by atoms with Crippen molar-refractivity contribution in [2.45, 2.75) is 0 Å². The first-order valence-electron chi connectivity index (χ1n) is 5.69. The van der Waals surface area contributed by atoms with Crippen LogP contribution in [0.3, 0.4) is 0 Å². The number of nitrogens with one attached hydrogen (secondary N) is 3. The van der Waals surface area contributed by atoms with Gasteiger partial charge in [0.25, 0.3) is 0 Å². The van der Waals surface area contributed by atoms with Crippen molar-refractivity contribution in [1.82, 2.24) is 34.6 Å². The lowest BCUT2D eigenvalue weighted by molar-refractivity contribution is 0.891. The SMILES string of the molecule is Nc1nc(N)nc(N)n1.[C-]#[N+]n1c(=O)[nH]c2[nH]c(=O)[nH]c2c1=O. The number of hydrogen-bond acceptors (Lipinski definition) is 9. The van der Waals surface area contributed by atoms with Crippen LogP contribution in [0, 0.1) is 6.57 Å². The van der Waals surface area contributed by atoms with Crippen LogP contribution in [0.1, 0.15) is 0 Å². The molecule has 0 radical (unpaired) electrons. The molecule has 14 nitrogen and oxygen atoms in total. The summed E-state index contributed by atoms with van der Waals surface area (Å²) >= 11 is 0. The van der Waals surface area contributed by atoms with E-state index in [1.165, 1.54) is 0 Å². The van der Waals surface area contributed by atoms with Gasteiger partial charge in [0.05, 0.1) is 4.68 Å². The van der Waals surface area contributed by atoms with Gasteiger partial charge in [-0.25, -0.2) is 9.59 Å². The molecule has 3 aromatic rings. The van der Waals surface area contributed by atoms with Gasteiger partial charge in [-0.15, -0.1) is 4.95 Å². The van der Waals surface area contributed by atoms with E-state index in [0.29, 0.717) is 4.68 Å². The maximum Gasteiger partial charge on any atom is 0.398 e. The quantitative estimate of drug-likeness (QED) is 0.232. The van der Waals surface area contributed by atoms with Crippen LogP contribution < -0.4 is 34.1 Å². The van der Waals surface area contributed by atoms with E-state index in [0.717, 1.165) is 0 Å². The maximum absolute atomic E-state index is 11.3. The highest BCUT2D eigenvalue weighted by Gasteiger charge is 2.12. The number of nitrogen functional groups attached to an aromatic ring is 3. The fourth-order valence-corrected chi connectivity index (χ4v) is 1.51. The summed E-state index contributed by atoms with van der Waals surface area (Å²) in [5.74, 6) is 0.125. The van der Waals surface area contributed by atoms with E-state index >= 15 is 0 Å². The van der Waals surface area contributed by atoms with Crippen molar-refractivity contribution >= 4 is 29.0 Å². The molecule has 0 unspecified atom stereocenters. The van der Waals surface area contributed by atoms with Gasteiger partial charge in [0.2, 0.25) is 17.8 Å². The molecule has 0 atom stereocenters. The molecule has 0 saturated heterocycles. The van der Waals surface area contributed by atoms with Crippen molar-refractivity contribution in [3.8, 4) is 0 Å². The zero-order valence-electron chi connectivity index (χ0n) is 11.2. The number of fused-ring (bicyclic) bond motifs is 1. The lowest BCUT2D eigenvalue weighted by Crippen LogP contribution is -2.30. The van der Waals surface area contributed by atoms with Crippen LogP contribution in [0.4, 0.5) is 17.8 Å². The number of aromatic amines is 3. The van der Waals surface area contributed by atoms with Gasteiger partial charge in [-0.1, -0.05) is 0 Å². The molecule has 9 N–H and O–H groups in total. The Labute approximate surface area is 124 Å². The van der Waals surface area contributed by atoms with E-state index in [2.05, 4.69) is 34.9 Å². The molecule has 0 aromatic carbocycles. The summed E-state index contributed by atoms with van der Waals surface area (Å²) in [5, 5.41) is 0. The topological polar surface area (TPSA) is 225 Å². The Hall–Kier alpha value is -4.15. The molecule has 118 valence electrons. The molecule has 0 spiro atoms. The summed E-state index contributed by atoms with van der Waals surface area (Å²) in [6.07, 6.45) is 0. The van der Waals surface area contributed by atoms with Crippen LogP contribution in [-0.4, -0.2) is 34.6 Å². The summed E-state index contributed by atoms with van der Waals surface area (Å²) in [6.45, 7) is 6.57. The normalized spacial score (nSPS) is 9.87. The van der Waals surface area contributed by atoms with Crippen LogP contribution in [0.2, 0.25) is 0 Å². The number of nitrogens with two attached hydrogens (primary N) is 3. The van der Waals surface area contributed by atoms with Crippen LogP contribution in [0.15, 0.2) is 14.4 Å². The van der Waals surface area contributed by atoms with E-state index in [1.807, 2.05) is 0 Å². The highest BCUT2D eigenvalue weighted by atomic mass is 16.2. The maximum atomic E-state index is 11.3. The molecule has 0 aliphatic rings. The van der Waals surface area contributed by atoms with Crippen molar-refractivity contribution in [3.05, 3.63) is 42.8 Å². The molecule has 0 bridgehead atoms. The Bertz CT molecular complexity index is 1030. The molecule has 0 saturated carbocycles. The average molecular weight is 319 g/mol. The lowest BCUT2D eigenvalue weighted by Gasteiger charge is -1.93. The van der Waals surface area contributed by atoms with Crippen molar-refractivity contribution < 1.29 is 0 Å². The molecule has 0 fully saturated rings. The number of hydrogen-bond donors (Lipinski definition) is 6. The fourth-order valence-electron chi connectivity index (χ4n) is 1.51. The summed E-state index contributed by atoms with van der Waals surface area (Å²) < 4.78 is 0.298. The van der Waals surface area contributed by atoms with Crippen molar-refractivity contribution in [2.24, 2.45) is 0 Å². The number of imidazole rings is 1. The molecule has 3 rings (SSSR count). The van der Waals surface area contributed by atoms with E-state index in [9.17, 15) is 14.4 Å². The van der Waals surface area contributed by atoms with Crippen molar-refractivity contribution in [2.75, 3.05) is 17.2 Å². The second-order valence-corrected chi connectivity index (χ2v) is 3.89. The monoisotopic (exact) mass is 319 g/mol. The van der Waals surface area contributed by atoms with Crippen LogP contribution >= 0.6 is 0 Å². The molecular formula is C9H9N11O3. The molecule has 0 amide bonds. The van der Waals surface area contributed by atoms with E-state index in [-0.39, 0.29) is 29.0 Å². The molecule has 3 heterocycles. The molecule has 14 heteroatoms. The van der Waals surface area contributed by atoms with Gasteiger partial charge in [0.1, 0.15) is 5.65 Å². The van der Waals surface area contributed by atoms with E-state index in [4.69, 9.17) is 23.8 Å². The summed E-state index contributed by atoms with van der Waals surface area (Å²) in [4.78, 5) is 52.9. The third-order valence-corrected chi connectivity index (χ3v) is 2.34. The Morgan fingerprint density at radius 3 is 1.91 bits per heavy atom. The van der Waals surface area contributed by atoms with Gasteiger partial charge in [0.15, 0.2) is 5.52 Å². The zero-order chi connectivity index (χ0) is 17.1. The second-order valence-electron chi connectivity index (χ2n) is 3.89. The van der Waals surface area contributed by atoms with Crippen molar-refractivity contribution in [1.29, 1.82) is 0 Å². The van der Waals surface area contributed by atoms with Gasteiger partial charge in [-0.2, -0.15) is 21.5 Å². The number of nitrogens with zero attached hydrogens (tertiary/aromatic N) is 5. The molecule has 3 aromatic heterocycles. The minimum absolute atomic E-state index is 0.00935. The Balaban J connectivity index is 0.000000185. The first kappa shape index (κ1) is 15.2. The number of H-pyrrole nitrogens is 3. The minimum Gasteiger partial charge on any atom is -0.368 e. The van der Waals surface area contributed by atoms with Crippen LogP contribution in [0.25, 0.3) is 16.1 Å². The number of rotatable bonds is 0. The first-order chi connectivity index (χ1) is 10.8. The first-order valence-corrected chi connectivity index (χ1v) is 5.69. The van der Waals surface area contributed by atoms with Gasteiger partial charge in [0, 0.05) is 0 Å². The second kappa shape index (κ2) is 5.69. The van der Waals surface area contributed by atoms with Crippen LogP contribution in [-0.2, 0) is 0 Å². The lowest BCUT2D eigenvalue weighted by atomic mass is 10.5. The highest BCUT2D eigenvalue weighted by molar-refractivity contribution is 5.67.